The normalized spacial score (nSPS) is 16.8. The Morgan fingerprint density at radius 1 is 0.341 bits per heavy atom. The number of anilines is 5. The molecule has 700 valence electrons. The monoisotopic (exact) mass is 2070 g/mol. The highest BCUT2D eigenvalue weighted by atomic mass is 79.9. The van der Waals surface area contributed by atoms with E-state index in [2.05, 4.69) is 192 Å². The fourth-order valence-corrected chi connectivity index (χ4v) is 19.6. The van der Waals surface area contributed by atoms with Gasteiger partial charge in [0.15, 0.2) is 40.4 Å². The largest absolute Gasteiger partial charge is 0.355 e. The van der Waals surface area contributed by atoms with Crippen LogP contribution in [0.4, 0.5) is 29.1 Å². The second-order valence-electron chi connectivity index (χ2n) is 38.4. The van der Waals surface area contributed by atoms with Crippen LogP contribution >= 0.6 is 132 Å². The number of rotatable bonds is 11. The van der Waals surface area contributed by atoms with Crippen molar-refractivity contribution in [1.29, 1.82) is 5.26 Å². The van der Waals surface area contributed by atoms with E-state index in [0.29, 0.717) is 189 Å². The molecule has 16 heterocycles. The Morgan fingerprint density at radius 2 is 0.637 bits per heavy atom. The average molecular weight is 2080 g/mol. The Labute approximate surface area is 837 Å². The van der Waals surface area contributed by atoms with Crippen molar-refractivity contribution in [2.24, 2.45) is 27.1 Å². The zero-order chi connectivity index (χ0) is 95.5. The van der Waals surface area contributed by atoms with Gasteiger partial charge in [-0.15, -0.1) is 0 Å². The van der Waals surface area contributed by atoms with Crippen molar-refractivity contribution in [3.8, 4) is 73.7 Å². The molecular weight excluding hydrogens is 1980 g/mol. The van der Waals surface area contributed by atoms with Crippen LogP contribution in [0.1, 0.15) is 145 Å². The molecule has 135 heavy (non-hydrogen) atoms. The second-order valence-corrected chi connectivity index (χ2v) is 43.1. The third kappa shape index (κ3) is 20.7. The van der Waals surface area contributed by atoms with Gasteiger partial charge in [0.25, 0.3) is 5.56 Å². The molecule has 0 radical (unpaired) electrons. The third-order valence-electron chi connectivity index (χ3n) is 26.1. The Bertz CT molecular complexity index is 7050. The number of aryl methyl sites for hydroxylation is 1. The molecule has 0 unspecified atom stereocenters. The molecule has 7 N–H and O–H groups in total. The fourth-order valence-electron chi connectivity index (χ4n) is 17.1. The summed E-state index contributed by atoms with van der Waals surface area (Å²) in [5.41, 5.74) is 16.9. The number of hydrogen-bond acceptors (Lipinski definition) is 22. The van der Waals surface area contributed by atoms with Gasteiger partial charge >= 0.3 is 0 Å². The van der Waals surface area contributed by atoms with E-state index >= 15 is 0 Å². The van der Waals surface area contributed by atoms with E-state index in [9.17, 15) is 10.1 Å². The van der Waals surface area contributed by atoms with Gasteiger partial charge in [-0.1, -0.05) is 246 Å². The van der Waals surface area contributed by atoms with E-state index in [1.807, 2.05) is 66.4 Å². The molecule has 0 amide bonds. The highest BCUT2D eigenvalue weighted by Gasteiger charge is 2.36. The molecule has 29 nitrogen and oxygen atoms in total. The molecule has 16 aromatic rings. The first-order valence-corrected chi connectivity index (χ1v) is 49.0. The smallest absolute Gasteiger partial charge is 0.291 e. The molecule has 11 aromatic heterocycles. The minimum Gasteiger partial charge on any atom is -0.355 e. The maximum absolute atomic E-state index is 12.7. The lowest BCUT2D eigenvalue weighted by Gasteiger charge is -2.37. The Hall–Kier alpha value is -10.3. The lowest BCUT2D eigenvalue weighted by Crippen LogP contribution is -2.40. The number of nitrogens with zero attached hydrogens (tertiary/aromatic N) is 21. The Balaban J connectivity index is 0.000000117. The van der Waals surface area contributed by atoms with Crippen LogP contribution in [0.5, 0.6) is 0 Å². The van der Waals surface area contributed by atoms with E-state index in [1.165, 1.54) is 0 Å². The number of hydrogen-bond donors (Lipinski definition) is 7. The van der Waals surface area contributed by atoms with Crippen molar-refractivity contribution < 1.29 is 0 Å². The molecule has 5 aliphatic heterocycles. The summed E-state index contributed by atoms with van der Waals surface area (Å²) < 4.78 is 0.713. The lowest BCUT2D eigenvalue weighted by atomic mass is 9.82. The highest BCUT2D eigenvalue weighted by molar-refractivity contribution is 9.10. The molecular formula is C95H97BrCl10N28O. The van der Waals surface area contributed by atoms with Gasteiger partial charge in [0.1, 0.15) is 43.9 Å². The predicted molar refractivity (Wildman–Crippen MR) is 549 cm³/mol. The fraction of sp³-hybridized carbons (Fsp3) is 0.379. The van der Waals surface area contributed by atoms with E-state index in [0.717, 1.165) is 187 Å². The van der Waals surface area contributed by atoms with Gasteiger partial charge in [-0.3, -0.25) is 35.4 Å². The summed E-state index contributed by atoms with van der Waals surface area (Å²) >= 11 is 66.2. The summed E-state index contributed by atoms with van der Waals surface area (Å²) in [6.07, 6.45) is 12.6. The molecule has 5 fully saturated rings. The van der Waals surface area contributed by atoms with Crippen molar-refractivity contribution in [2.45, 2.75) is 140 Å². The first-order valence-electron chi connectivity index (χ1n) is 44.4. The zero-order valence-electron chi connectivity index (χ0n) is 75.9. The SMILES string of the molecule is CC1(C)CCN(c2nc3n[nH]c(-c4cccc(Cl)c4Cl)c3[nH]c2=O)CC1.CC1(C)CCN(c2nc3n[nH]c(-c4cccc(Cl)c4Cl)c3nc2-c2ccn[nH]2)CC1.CC1(C)CCN(c2nc3n[nH]c(-c4cccc(Cl)c4Cl)c3nc2Br)CC1.CC1(C)CCN(c2nc3n[nH]c(-c4cccc(Cl)c4Cl)c3nc2C#N)CC1.Cc1nc2c(-c3cccc(Cl)c3Cl)[nH]nc2nc1N1CCC(C)(C)CC1. The van der Waals surface area contributed by atoms with Gasteiger partial charge < -0.3 is 29.5 Å². The van der Waals surface area contributed by atoms with E-state index in [4.69, 9.17) is 146 Å². The minimum absolute atomic E-state index is 0.224. The molecule has 5 saturated heterocycles. The Kier molecular flexibility index (Phi) is 28.1. The van der Waals surface area contributed by atoms with Crippen molar-refractivity contribution in [3.63, 3.8) is 0 Å². The summed E-state index contributed by atoms with van der Waals surface area (Å²) in [4.78, 5) is 69.2. The first-order chi connectivity index (χ1) is 64.4. The number of aromatic amines is 7. The van der Waals surface area contributed by atoms with E-state index < -0.39 is 0 Å². The second kappa shape index (κ2) is 39.3. The summed E-state index contributed by atoms with van der Waals surface area (Å²) in [7, 11) is 0. The molecule has 0 aliphatic carbocycles. The number of nitrogens with one attached hydrogen (secondary N) is 7. The maximum atomic E-state index is 12.7. The summed E-state index contributed by atoms with van der Waals surface area (Å²) in [6.45, 7) is 34.0. The number of benzene rings is 5. The summed E-state index contributed by atoms with van der Waals surface area (Å²) in [5, 5.41) is 58.0. The van der Waals surface area contributed by atoms with Gasteiger partial charge in [0, 0.05) is 99.5 Å². The molecule has 0 atom stereocenters. The molecule has 5 aliphatic rings. The lowest BCUT2D eigenvalue weighted by molar-refractivity contribution is 0.278. The quantitative estimate of drug-likeness (QED) is 0.0632. The molecule has 0 spiro atoms. The number of fused-ring (bicyclic) bond motifs is 5. The standard InChI is InChI=1S/C21H21Cl2N7.C19H18Cl2N6.C19H21Cl2N5.C18H18BrCl2N5.C18H19Cl2N5O/c1-21(2)7-10-30(11-8-21)20-17(14-6-9-24-27-14)25-18-16(28-29-19(18)26-20)12-4-3-5-13(22)15(12)23;1-19(2)6-8-27(9-7-19)18-13(10-22)23-16-15(25-26-17(16)24-18)11-4-3-5-12(20)14(11)21;1-11-18(26-9-7-19(2,3)8-10-26)23-17-16(22-11)15(24-25-17)12-5-4-6-13(20)14(12)21;1-18(2)6-8-26(9-7-18)17-15(19)22-14-13(24-25-16(14)23-17)10-4-3-5-11(20)12(10)21;1-18(2)6-8-25(9-7-18)16-17(26)21-14-13(23-24-15(14)22-16)10-4-3-5-11(19)12(10)20/h3-6,9H,7-8,10-11H2,1-2H3,(H,24,27)(H,26,28,29);3-5H,6-9H2,1-2H3,(H,24,25,26);4-6H,7-10H2,1-3H3,(H,23,24,25);3-5H,6-9H2,1-2H3,(H,23,24,25);3-5H,6-9H2,1-2H3,(H,21,26)(H,22,23,24). The molecule has 21 rings (SSSR count). The van der Waals surface area contributed by atoms with Crippen molar-refractivity contribution in [3.05, 3.63) is 180 Å². The van der Waals surface area contributed by atoms with Gasteiger partial charge in [-0.25, -0.2) is 44.9 Å². The number of nitriles is 1. The van der Waals surface area contributed by atoms with Crippen LogP contribution in [0.15, 0.2) is 113 Å². The number of piperidine rings is 5. The van der Waals surface area contributed by atoms with Gasteiger partial charge in [-0.05, 0) is 151 Å². The van der Waals surface area contributed by atoms with Crippen LogP contribution in [0.2, 0.25) is 50.2 Å². The molecule has 5 aromatic carbocycles. The number of aromatic nitrogens is 22. The highest BCUT2D eigenvalue weighted by Crippen LogP contribution is 2.46. The zero-order valence-corrected chi connectivity index (χ0v) is 85.1. The van der Waals surface area contributed by atoms with Gasteiger partial charge in [0.2, 0.25) is 22.6 Å². The van der Waals surface area contributed by atoms with E-state index in [1.54, 1.807) is 48.7 Å². The number of H-pyrrole nitrogens is 7. The molecule has 0 bridgehead atoms. The van der Waals surface area contributed by atoms with Gasteiger partial charge in [0.05, 0.1) is 90.1 Å². The van der Waals surface area contributed by atoms with Crippen molar-refractivity contribution in [2.75, 3.05) is 89.9 Å². The summed E-state index contributed by atoms with van der Waals surface area (Å²) in [5.74, 6) is 3.59. The topological polar surface area (TPSA) is 361 Å². The average Bonchev–Trinajstić information content (AvgIpc) is 1.64. The third-order valence-corrected chi connectivity index (χ3v) is 30.7. The van der Waals surface area contributed by atoms with Crippen LogP contribution in [0, 0.1) is 45.3 Å². The van der Waals surface area contributed by atoms with Crippen LogP contribution in [0.3, 0.4) is 0 Å². The van der Waals surface area contributed by atoms with Crippen LogP contribution in [-0.2, 0) is 0 Å². The van der Waals surface area contributed by atoms with E-state index in [-0.39, 0.29) is 5.56 Å². The minimum atomic E-state index is -0.224. The molecule has 40 heteroatoms. The Morgan fingerprint density at radius 3 is 1.01 bits per heavy atom. The first kappa shape index (κ1) is 96.4. The van der Waals surface area contributed by atoms with Gasteiger partial charge in [-0.2, -0.15) is 35.9 Å². The predicted octanol–water partition coefficient (Wildman–Crippen LogP) is 25.4. The maximum Gasteiger partial charge on any atom is 0.291 e. The van der Waals surface area contributed by atoms with Crippen molar-refractivity contribution in [1.82, 2.24) is 111 Å². The van der Waals surface area contributed by atoms with Crippen LogP contribution in [0.25, 0.3) is 123 Å². The van der Waals surface area contributed by atoms with Crippen LogP contribution < -0.4 is 30.1 Å². The summed E-state index contributed by atoms with van der Waals surface area (Å²) in [6, 6.07) is 31.3. The molecule has 0 saturated carbocycles. The number of halogens is 11. The van der Waals surface area contributed by atoms with Crippen LogP contribution in [-0.4, -0.2) is 176 Å². The van der Waals surface area contributed by atoms with Crippen molar-refractivity contribution >= 4 is 217 Å².